The molecule has 0 aromatic rings. The number of ether oxygens (including phenoxy) is 1. The van der Waals surface area contributed by atoms with Crippen LogP contribution in [0.25, 0.3) is 0 Å². The molecule has 0 spiro atoms. The summed E-state index contributed by atoms with van der Waals surface area (Å²) < 4.78 is 27.0. The molecule has 0 N–H and O–H groups in total. The molecule has 1 aliphatic rings. The summed E-state index contributed by atoms with van der Waals surface area (Å²) >= 11 is 0. The molecule has 0 saturated carbocycles. The Morgan fingerprint density at radius 1 is 1.62 bits per heavy atom. The van der Waals surface area contributed by atoms with Gasteiger partial charge in [0.05, 0.1) is 12.7 Å². The lowest BCUT2D eigenvalue weighted by atomic mass is 10.2. The first-order chi connectivity index (χ1) is 5.82. The Hall–Kier alpha value is -1.11. The lowest BCUT2D eigenvalue weighted by Crippen LogP contribution is -2.56. The minimum absolute atomic E-state index is 0.0628. The monoisotopic (exact) mass is 207 g/mol. The second-order valence-corrected chi connectivity index (χ2v) is 4.58. The maximum absolute atomic E-state index is 10.9. The molecule has 1 amide bonds. The Morgan fingerprint density at radius 3 is 2.46 bits per heavy atom. The number of carbonyl (C=O) groups excluding carboxylic acids is 2. The summed E-state index contributed by atoms with van der Waals surface area (Å²) in [7, 11) is -3.60. The minimum atomic E-state index is -3.60. The number of β-lactam (4-membered cyclic amide) rings is 1. The van der Waals surface area contributed by atoms with Gasteiger partial charge in [0, 0.05) is 6.92 Å². The Kier molecular flexibility index (Phi) is 2.29. The summed E-state index contributed by atoms with van der Waals surface area (Å²) in [5.74, 6) is -1.15. The first-order valence-corrected chi connectivity index (χ1v) is 5.36. The third kappa shape index (κ3) is 1.97. The van der Waals surface area contributed by atoms with Gasteiger partial charge in [0.1, 0.15) is 0 Å². The van der Waals surface area contributed by atoms with Gasteiger partial charge in [0.15, 0.2) is 0 Å². The highest BCUT2D eigenvalue weighted by Gasteiger charge is 2.44. The molecule has 13 heavy (non-hydrogen) atoms. The topological polar surface area (TPSA) is 80.8 Å². The van der Waals surface area contributed by atoms with Gasteiger partial charge in [-0.05, 0) is 0 Å². The number of amides is 1. The predicted octanol–water partition coefficient (Wildman–Crippen LogP) is -0.932. The average Bonchev–Trinajstić information content (AvgIpc) is 1.79. The number of hydrogen-bond donors (Lipinski definition) is 0. The molecule has 1 fully saturated rings. The summed E-state index contributed by atoms with van der Waals surface area (Å²) in [5, 5.41) is 0. The largest absolute Gasteiger partial charge is 0.440 e. The number of nitrogens with zero attached hydrogens (tertiary/aromatic N) is 1. The van der Waals surface area contributed by atoms with Crippen LogP contribution in [0, 0.1) is 0 Å². The van der Waals surface area contributed by atoms with Crippen molar-refractivity contribution in [3.05, 3.63) is 0 Å². The molecule has 0 aromatic heterocycles. The van der Waals surface area contributed by atoms with Crippen LogP contribution in [0.15, 0.2) is 0 Å². The fourth-order valence-electron chi connectivity index (χ4n) is 1.05. The molecule has 1 saturated heterocycles. The molecule has 0 aromatic carbocycles. The summed E-state index contributed by atoms with van der Waals surface area (Å²) in [6.07, 6.45) is -0.118. The summed E-state index contributed by atoms with van der Waals surface area (Å²) in [4.78, 5) is 21.3. The lowest BCUT2D eigenvalue weighted by Gasteiger charge is -2.36. The van der Waals surface area contributed by atoms with Crippen molar-refractivity contribution in [3.63, 3.8) is 0 Å². The molecule has 0 radical (unpaired) electrons. The van der Waals surface area contributed by atoms with Gasteiger partial charge in [-0.2, -0.15) is 0 Å². The van der Waals surface area contributed by atoms with E-state index in [-0.39, 0.29) is 6.42 Å². The highest BCUT2D eigenvalue weighted by atomic mass is 32.2. The molecule has 1 rings (SSSR count). The van der Waals surface area contributed by atoms with Gasteiger partial charge in [0.25, 0.3) is 0 Å². The van der Waals surface area contributed by atoms with E-state index in [1.165, 1.54) is 0 Å². The van der Waals surface area contributed by atoms with E-state index in [1.54, 1.807) is 0 Å². The van der Waals surface area contributed by atoms with Gasteiger partial charge in [-0.15, -0.1) is 0 Å². The van der Waals surface area contributed by atoms with Crippen molar-refractivity contribution in [2.45, 2.75) is 19.6 Å². The Bertz CT molecular complexity index is 346. The second kappa shape index (κ2) is 2.99. The molecule has 6 nitrogen and oxygen atoms in total. The summed E-state index contributed by atoms with van der Waals surface area (Å²) in [6, 6.07) is 0. The Labute approximate surface area is 75.5 Å². The van der Waals surface area contributed by atoms with E-state index in [0.717, 1.165) is 13.2 Å². The van der Waals surface area contributed by atoms with Crippen LogP contribution in [0.3, 0.4) is 0 Å². The van der Waals surface area contributed by atoms with Gasteiger partial charge in [-0.1, -0.05) is 0 Å². The first kappa shape index (κ1) is 9.97. The van der Waals surface area contributed by atoms with Crippen molar-refractivity contribution in [3.8, 4) is 0 Å². The third-order valence-corrected chi connectivity index (χ3v) is 2.67. The van der Waals surface area contributed by atoms with E-state index in [4.69, 9.17) is 0 Å². The van der Waals surface area contributed by atoms with E-state index in [0.29, 0.717) is 4.31 Å². The van der Waals surface area contributed by atoms with Crippen LogP contribution in [-0.2, 0) is 24.3 Å². The van der Waals surface area contributed by atoms with Crippen LogP contribution in [0.2, 0.25) is 0 Å². The molecule has 1 atom stereocenters. The molecule has 1 heterocycles. The molecule has 0 bridgehead atoms. The van der Waals surface area contributed by atoms with Crippen LogP contribution in [0.1, 0.15) is 13.3 Å². The summed E-state index contributed by atoms with van der Waals surface area (Å²) in [5.41, 5.74) is 0. The van der Waals surface area contributed by atoms with Crippen LogP contribution < -0.4 is 0 Å². The lowest BCUT2D eigenvalue weighted by molar-refractivity contribution is -0.170. The zero-order chi connectivity index (χ0) is 10.2. The number of rotatable bonds is 2. The standard InChI is InChI=1S/C6H9NO5S/c1-4(8)12-6-3-5(9)7(6)13(2,10)11/h6H,3H2,1-2H3. The number of esters is 1. The molecular weight excluding hydrogens is 198 g/mol. The van der Waals surface area contributed by atoms with E-state index < -0.39 is 28.1 Å². The molecule has 1 unspecified atom stereocenters. The van der Waals surface area contributed by atoms with Crippen molar-refractivity contribution in [2.75, 3.05) is 6.26 Å². The Balaban J connectivity index is 2.73. The van der Waals surface area contributed by atoms with Gasteiger partial charge in [0.2, 0.25) is 22.2 Å². The normalized spacial score (nSPS) is 22.5. The average molecular weight is 207 g/mol. The first-order valence-electron chi connectivity index (χ1n) is 3.52. The van der Waals surface area contributed by atoms with Gasteiger partial charge in [-0.3, -0.25) is 9.59 Å². The van der Waals surface area contributed by atoms with Crippen molar-refractivity contribution < 1.29 is 22.7 Å². The second-order valence-electron chi connectivity index (χ2n) is 2.72. The van der Waals surface area contributed by atoms with Crippen LogP contribution in [0.4, 0.5) is 0 Å². The van der Waals surface area contributed by atoms with Crippen molar-refractivity contribution in [1.82, 2.24) is 4.31 Å². The maximum atomic E-state index is 10.9. The highest BCUT2D eigenvalue weighted by molar-refractivity contribution is 7.89. The van der Waals surface area contributed by atoms with Crippen molar-refractivity contribution >= 4 is 21.9 Å². The minimum Gasteiger partial charge on any atom is -0.440 e. The van der Waals surface area contributed by atoms with E-state index in [1.807, 2.05) is 0 Å². The van der Waals surface area contributed by atoms with Crippen molar-refractivity contribution in [1.29, 1.82) is 0 Å². The number of carbonyl (C=O) groups is 2. The van der Waals surface area contributed by atoms with E-state index >= 15 is 0 Å². The predicted molar refractivity (Wildman–Crippen MR) is 41.9 cm³/mol. The molecule has 74 valence electrons. The van der Waals surface area contributed by atoms with Gasteiger partial charge >= 0.3 is 5.97 Å². The maximum Gasteiger partial charge on any atom is 0.304 e. The molecule has 1 aliphatic heterocycles. The molecule has 0 aliphatic carbocycles. The van der Waals surface area contributed by atoms with E-state index in [2.05, 4.69) is 4.74 Å². The SMILES string of the molecule is CC(=O)OC1CC(=O)N1S(C)(=O)=O. The Morgan fingerprint density at radius 2 is 2.15 bits per heavy atom. The summed E-state index contributed by atoms with van der Waals surface area (Å²) in [6.45, 7) is 1.16. The van der Waals surface area contributed by atoms with Crippen molar-refractivity contribution in [2.24, 2.45) is 0 Å². The third-order valence-electron chi connectivity index (χ3n) is 1.52. The fourth-order valence-corrected chi connectivity index (χ4v) is 2.04. The zero-order valence-corrected chi connectivity index (χ0v) is 8.00. The van der Waals surface area contributed by atoms with Crippen LogP contribution >= 0.6 is 0 Å². The number of sulfonamides is 1. The molecular formula is C6H9NO5S. The fraction of sp³-hybridized carbons (Fsp3) is 0.667. The van der Waals surface area contributed by atoms with Gasteiger partial charge < -0.3 is 4.74 Å². The highest BCUT2D eigenvalue weighted by Crippen LogP contribution is 2.23. The molecule has 7 heteroatoms. The van der Waals surface area contributed by atoms with Crippen LogP contribution in [-0.4, -0.2) is 37.1 Å². The zero-order valence-electron chi connectivity index (χ0n) is 7.18. The smallest absolute Gasteiger partial charge is 0.304 e. The van der Waals surface area contributed by atoms with Crippen LogP contribution in [0.5, 0.6) is 0 Å². The quantitative estimate of drug-likeness (QED) is 0.431. The van der Waals surface area contributed by atoms with E-state index in [9.17, 15) is 18.0 Å². The van der Waals surface area contributed by atoms with Gasteiger partial charge in [-0.25, -0.2) is 12.7 Å². The number of hydrogen-bond acceptors (Lipinski definition) is 5.